The van der Waals surface area contributed by atoms with E-state index in [4.69, 9.17) is 4.42 Å². The number of hydrogen-bond acceptors (Lipinski definition) is 5. The zero-order valence-electron chi connectivity index (χ0n) is 9.68. The Labute approximate surface area is 99.3 Å². The van der Waals surface area contributed by atoms with E-state index < -0.39 is 0 Å². The molecule has 0 atom stereocenters. The molecule has 5 heteroatoms. The highest BCUT2D eigenvalue weighted by Crippen LogP contribution is 2.20. The van der Waals surface area contributed by atoms with Crippen LogP contribution in [0.2, 0.25) is 0 Å². The molecule has 0 aliphatic heterocycles. The summed E-state index contributed by atoms with van der Waals surface area (Å²) in [4.78, 5) is 4.35. The molecule has 1 aliphatic rings. The van der Waals surface area contributed by atoms with Crippen molar-refractivity contribution in [3.8, 4) is 11.6 Å². The molecule has 0 amide bonds. The number of rotatable bonds is 4. The number of pyridine rings is 1. The van der Waals surface area contributed by atoms with Crippen LogP contribution in [0.1, 0.15) is 24.4 Å². The molecule has 3 rings (SSSR count). The van der Waals surface area contributed by atoms with Gasteiger partial charge in [0.15, 0.2) is 0 Å². The Balaban J connectivity index is 1.74. The molecule has 1 fully saturated rings. The predicted molar refractivity (Wildman–Crippen MR) is 62.1 cm³/mol. The van der Waals surface area contributed by atoms with Crippen LogP contribution in [0.5, 0.6) is 0 Å². The normalized spacial score (nSPS) is 15.1. The Kier molecular flexibility index (Phi) is 2.60. The Morgan fingerprint density at radius 1 is 1.35 bits per heavy atom. The minimum absolute atomic E-state index is 0.487. The maximum atomic E-state index is 5.56. The molecule has 2 aromatic heterocycles. The third-order valence-corrected chi connectivity index (χ3v) is 2.69. The summed E-state index contributed by atoms with van der Waals surface area (Å²) >= 11 is 0. The SMILES string of the molecule is Cc1cccc(-c2nnc(CNC3CC3)o2)n1. The minimum atomic E-state index is 0.487. The van der Waals surface area contributed by atoms with E-state index in [0.29, 0.717) is 24.4 Å². The van der Waals surface area contributed by atoms with Crippen LogP contribution in [0.4, 0.5) is 0 Å². The molecular weight excluding hydrogens is 216 g/mol. The molecule has 1 saturated carbocycles. The molecule has 1 N–H and O–H groups in total. The maximum absolute atomic E-state index is 5.56. The molecule has 2 aromatic rings. The second-order valence-electron chi connectivity index (χ2n) is 4.32. The van der Waals surface area contributed by atoms with E-state index in [9.17, 15) is 0 Å². The van der Waals surface area contributed by atoms with Gasteiger partial charge in [-0.25, -0.2) is 4.98 Å². The van der Waals surface area contributed by atoms with Crippen LogP contribution in [-0.2, 0) is 6.54 Å². The average Bonchev–Trinajstić information content (AvgIpc) is 3.04. The summed E-state index contributed by atoms with van der Waals surface area (Å²) in [5.74, 6) is 1.11. The van der Waals surface area contributed by atoms with Crippen molar-refractivity contribution in [3.63, 3.8) is 0 Å². The van der Waals surface area contributed by atoms with Crippen LogP contribution >= 0.6 is 0 Å². The summed E-state index contributed by atoms with van der Waals surface area (Å²) in [7, 11) is 0. The number of aryl methyl sites for hydroxylation is 1. The van der Waals surface area contributed by atoms with Crippen LogP contribution in [0.15, 0.2) is 22.6 Å². The van der Waals surface area contributed by atoms with Crippen molar-refractivity contribution < 1.29 is 4.42 Å². The van der Waals surface area contributed by atoms with Crippen molar-refractivity contribution in [1.82, 2.24) is 20.5 Å². The smallest absolute Gasteiger partial charge is 0.266 e. The van der Waals surface area contributed by atoms with E-state index in [1.54, 1.807) is 0 Å². The molecule has 0 unspecified atom stereocenters. The third kappa shape index (κ3) is 2.50. The van der Waals surface area contributed by atoms with Gasteiger partial charge in [-0.2, -0.15) is 0 Å². The van der Waals surface area contributed by atoms with Gasteiger partial charge >= 0.3 is 0 Å². The van der Waals surface area contributed by atoms with Crippen molar-refractivity contribution in [2.24, 2.45) is 0 Å². The Bertz CT molecular complexity index is 519. The fourth-order valence-electron chi connectivity index (χ4n) is 1.61. The molecule has 88 valence electrons. The highest BCUT2D eigenvalue weighted by Gasteiger charge is 2.21. The Morgan fingerprint density at radius 2 is 2.24 bits per heavy atom. The summed E-state index contributed by atoms with van der Waals surface area (Å²) in [6.07, 6.45) is 2.50. The second-order valence-corrected chi connectivity index (χ2v) is 4.32. The lowest BCUT2D eigenvalue weighted by molar-refractivity contribution is 0.475. The largest absolute Gasteiger partial charge is 0.418 e. The first-order valence-corrected chi connectivity index (χ1v) is 5.81. The quantitative estimate of drug-likeness (QED) is 0.866. The summed E-state index contributed by atoms with van der Waals surface area (Å²) in [6, 6.07) is 6.39. The van der Waals surface area contributed by atoms with Crippen molar-refractivity contribution in [2.45, 2.75) is 32.4 Å². The minimum Gasteiger partial charge on any atom is -0.418 e. The van der Waals surface area contributed by atoms with Crippen molar-refractivity contribution in [3.05, 3.63) is 29.8 Å². The van der Waals surface area contributed by atoms with Crippen LogP contribution in [0.3, 0.4) is 0 Å². The summed E-state index contributed by atoms with van der Waals surface area (Å²) < 4.78 is 5.56. The molecule has 0 aromatic carbocycles. The first-order valence-electron chi connectivity index (χ1n) is 5.81. The van der Waals surface area contributed by atoms with Crippen molar-refractivity contribution in [1.29, 1.82) is 0 Å². The summed E-state index contributed by atoms with van der Waals surface area (Å²) in [6.45, 7) is 2.58. The predicted octanol–water partition coefficient (Wildman–Crippen LogP) is 1.69. The van der Waals surface area contributed by atoms with E-state index in [-0.39, 0.29) is 0 Å². The molecular formula is C12H14N4O. The lowest BCUT2D eigenvalue weighted by Gasteiger charge is -1.96. The van der Waals surface area contributed by atoms with Gasteiger partial charge in [-0.05, 0) is 31.9 Å². The first-order chi connectivity index (χ1) is 8.31. The van der Waals surface area contributed by atoms with Crippen molar-refractivity contribution in [2.75, 3.05) is 0 Å². The number of nitrogens with zero attached hydrogens (tertiary/aromatic N) is 3. The molecule has 1 aliphatic carbocycles. The fraction of sp³-hybridized carbons (Fsp3) is 0.417. The van der Waals surface area contributed by atoms with Gasteiger partial charge in [0, 0.05) is 11.7 Å². The van der Waals surface area contributed by atoms with E-state index in [1.165, 1.54) is 12.8 Å². The van der Waals surface area contributed by atoms with E-state index >= 15 is 0 Å². The molecule has 2 heterocycles. The van der Waals surface area contributed by atoms with Crippen LogP contribution in [-0.4, -0.2) is 21.2 Å². The lowest BCUT2D eigenvalue weighted by atomic mass is 10.3. The number of aromatic nitrogens is 3. The number of nitrogens with one attached hydrogen (secondary N) is 1. The van der Waals surface area contributed by atoms with Crippen LogP contribution in [0.25, 0.3) is 11.6 Å². The molecule has 0 radical (unpaired) electrons. The van der Waals surface area contributed by atoms with E-state index in [1.807, 2.05) is 25.1 Å². The fourth-order valence-corrected chi connectivity index (χ4v) is 1.61. The topological polar surface area (TPSA) is 63.8 Å². The summed E-state index contributed by atoms with van der Waals surface area (Å²) in [5, 5.41) is 11.3. The third-order valence-electron chi connectivity index (χ3n) is 2.69. The molecule has 5 nitrogen and oxygen atoms in total. The number of hydrogen-bond donors (Lipinski definition) is 1. The van der Waals surface area contributed by atoms with Gasteiger partial charge in [-0.15, -0.1) is 10.2 Å². The highest BCUT2D eigenvalue weighted by molar-refractivity contribution is 5.45. The van der Waals surface area contributed by atoms with Gasteiger partial charge in [-0.1, -0.05) is 6.07 Å². The maximum Gasteiger partial charge on any atom is 0.266 e. The average molecular weight is 230 g/mol. The van der Waals surface area contributed by atoms with Crippen molar-refractivity contribution >= 4 is 0 Å². The van der Waals surface area contributed by atoms with Gasteiger partial charge in [0.25, 0.3) is 5.89 Å². The van der Waals surface area contributed by atoms with Crippen LogP contribution in [0, 0.1) is 6.92 Å². The molecule has 0 spiro atoms. The van der Waals surface area contributed by atoms with E-state index in [2.05, 4.69) is 20.5 Å². The lowest BCUT2D eigenvalue weighted by Crippen LogP contribution is -2.15. The van der Waals surface area contributed by atoms with Gasteiger partial charge < -0.3 is 9.73 Å². The zero-order chi connectivity index (χ0) is 11.7. The van der Waals surface area contributed by atoms with Crippen LogP contribution < -0.4 is 5.32 Å². The molecule has 0 bridgehead atoms. The second kappa shape index (κ2) is 4.25. The monoisotopic (exact) mass is 230 g/mol. The van der Waals surface area contributed by atoms with Gasteiger partial charge in [0.1, 0.15) is 5.69 Å². The van der Waals surface area contributed by atoms with Gasteiger partial charge in [0.2, 0.25) is 5.89 Å². The zero-order valence-corrected chi connectivity index (χ0v) is 9.68. The molecule has 17 heavy (non-hydrogen) atoms. The van der Waals surface area contributed by atoms with Gasteiger partial charge in [0.05, 0.1) is 6.54 Å². The highest BCUT2D eigenvalue weighted by atomic mass is 16.4. The van der Waals surface area contributed by atoms with Gasteiger partial charge in [-0.3, -0.25) is 0 Å². The first kappa shape index (κ1) is 10.4. The molecule has 0 saturated heterocycles. The van der Waals surface area contributed by atoms with E-state index in [0.717, 1.165) is 11.4 Å². The summed E-state index contributed by atoms with van der Waals surface area (Å²) in [5.41, 5.74) is 1.67. The standard InChI is InChI=1S/C12H14N4O/c1-8-3-2-4-10(14-8)12-16-15-11(17-12)7-13-9-5-6-9/h2-4,9,13H,5-7H2,1H3. The Morgan fingerprint density at radius 3 is 3.00 bits per heavy atom. The Hall–Kier alpha value is -1.75.